The topological polar surface area (TPSA) is 57.6 Å². The summed E-state index contributed by atoms with van der Waals surface area (Å²) in [5.41, 5.74) is 2.27. The van der Waals surface area contributed by atoms with E-state index in [1.807, 2.05) is 0 Å². The van der Waals surface area contributed by atoms with E-state index >= 15 is 0 Å². The van der Waals surface area contributed by atoms with Crippen LogP contribution in [0.5, 0.6) is 5.75 Å². The van der Waals surface area contributed by atoms with Gasteiger partial charge in [-0.3, -0.25) is 14.5 Å². The van der Waals surface area contributed by atoms with Crippen LogP contribution in [0.25, 0.3) is 6.08 Å². The van der Waals surface area contributed by atoms with E-state index in [-0.39, 0.29) is 23.4 Å². The zero-order valence-corrected chi connectivity index (χ0v) is 12.2. The number of aromatic hydroxyl groups is 1. The number of hydrogen-bond acceptors (Lipinski definition) is 4. The highest BCUT2D eigenvalue weighted by Gasteiger charge is 2.33. The van der Waals surface area contributed by atoms with Crippen molar-refractivity contribution in [2.24, 2.45) is 0 Å². The van der Waals surface area contributed by atoms with Crippen molar-refractivity contribution in [1.29, 1.82) is 0 Å². The summed E-state index contributed by atoms with van der Waals surface area (Å²) in [5.74, 6) is -0.0507. The second-order valence-corrected chi connectivity index (χ2v) is 5.58. The van der Waals surface area contributed by atoms with Gasteiger partial charge < -0.3 is 5.11 Å². The number of carbonyl (C=O) groups is 2. The van der Waals surface area contributed by atoms with E-state index in [1.165, 1.54) is 6.08 Å². The highest BCUT2D eigenvalue weighted by molar-refractivity contribution is 8.18. The van der Waals surface area contributed by atoms with Gasteiger partial charge in [-0.1, -0.05) is 6.08 Å². The minimum atomic E-state index is -0.303. The number of thioether (sulfide) groups is 1. The van der Waals surface area contributed by atoms with Crippen molar-refractivity contribution in [3.05, 3.63) is 46.4 Å². The van der Waals surface area contributed by atoms with Gasteiger partial charge in [-0.25, -0.2) is 0 Å². The van der Waals surface area contributed by atoms with E-state index in [4.69, 9.17) is 0 Å². The highest BCUT2D eigenvalue weighted by Crippen LogP contribution is 2.33. The molecule has 1 saturated heterocycles. The number of benzene rings is 1. The molecule has 0 atom stereocenters. The molecule has 1 fully saturated rings. The van der Waals surface area contributed by atoms with Crippen LogP contribution in [0.4, 0.5) is 4.79 Å². The fourth-order valence-electron chi connectivity index (χ4n) is 2.01. The average Bonchev–Trinajstić information content (AvgIpc) is 2.64. The molecule has 1 aliphatic heterocycles. The van der Waals surface area contributed by atoms with Gasteiger partial charge >= 0.3 is 0 Å². The first-order valence-corrected chi connectivity index (χ1v) is 6.92. The van der Waals surface area contributed by atoms with Crippen LogP contribution >= 0.6 is 11.8 Å². The van der Waals surface area contributed by atoms with Gasteiger partial charge in [-0.05, 0) is 60.5 Å². The standard InChI is InChI=1S/C15H15NO3S/c1-4-5-16-14(18)12(20-15(16)19)8-11-6-9(2)13(17)10(3)7-11/h4,6-8,17H,1,5H2,2-3H3. The summed E-state index contributed by atoms with van der Waals surface area (Å²) in [4.78, 5) is 25.3. The first-order chi connectivity index (χ1) is 9.43. The summed E-state index contributed by atoms with van der Waals surface area (Å²) in [6.07, 6.45) is 3.20. The molecular formula is C15H15NO3S. The fraction of sp³-hybridized carbons (Fsp3) is 0.200. The maximum atomic E-state index is 12.1. The monoisotopic (exact) mass is 289 g/mol. The Labute approximate surface area is 121 Å². The minimum Gasteiger partial charge on any atom is -0.507 e. The molecule has 0 bridgehead atoms. The zero-order valence-electron chi connectivity index (χ0n) is 11.3. The number of imide groups is 1. The maximum Gasteiger partial charge on any atom is 0.293 e. The van der Waals surface area contributed by atoms with Gasteiger partial charge in [0.1, 0.15) is 5.75 Å². The summed E-state index contributed by atoms with van der Waals surface area (Å²) >= 11 is 0.921. The van der Waals surface area contributed by atoms with Crippen LogP contribution in [-0.4, -0.2) is 27.7 Å². The van der Waals surface area contributed by atoms with E-state index in [1.54, 1.807) is 32.1 Å². The lowest BCUT2D eigenvalue weighted by Gasteiger charge is -2.08. The van der Waals surface area contributed by atoms with E-state index in [0.29, 0.717) is 4.91 Å². The van der Waals surface area contributed by atoms with Crippen LogP contribution in [0, 0.1) is 13.8 Å². The lowest BCUT2D eigenvalue weighted by molar-refractivity contribution is -0.122. The Morgan fingerprint density at radius 3 is 2.45 bits per heavy atom. The summed E-state index contributed by atoms with van der Waals surface area (Å²) in [6.45, 7) is 7.34. The molecule has 4 nitrogen and oxygen atoms in total. The van der Waals surface area contributed by atoms with Crippen molar-refractivity contribution in [2.75, 3.05) is 6.54 Å². The summed E-state index contributed by atoms with van der Waals surface area (Å²) < 4.78 is 0. The van der Waals surface area contributed by atoms with Gasteiger partial charge in [-0.2, -0.15) is 0 Å². The largest absolute Gasteiger partial charge is 0.507 e. The predicted octanol–water partition coefficient (Wildman–Crippen LogP) is 3.23. The third kappa shape index (κ3) is 2.63. The quantitative estimate of drug-likeness (QED) is 0.685. The molecule has 0 radical (unpaired) electrons. The van der Waals surface area contributed by atoms with Gasteiger partial charge in [0, 0.05) is 6.54 Å². The molecule has 0 aliphatic carbocycles. The van der Waals surface area contributed by atoms with Crippen LogP contribution in [0.15, 0.2) is 29.7 Å². The molecule has 0 aromatic heterocycles. The van der Waals surface area contributed by atoms with Crippen molar-refractivity contribution in [2.45, 2.75) is 13.8 Å². The van der Waals surface area contributed by atoms with E-state index in [9.17, 15) is 14.7 Å². The smallest absolute Gasteiger partial charge is 0.293 e. The first-order valence-electron chi connectivity index (χ1n) is 6.10. The number of amides is 2. The first kappa shape index (κ1) is 14.4. The second-order valence-electron chi connectivity index (χ2n) is 4.58. The molecular weight excluding hydrogens is 274 g/mol. The van der Waals surface area contributed by atoms with Crippen LogP contribution in [0.2, 0.25) is 0 Å². The molecule has 104 valence electrons. The third-order valence-electron chi connectivity index (χ3n) is 3.00. The maximum absolute atomic E-state index is 12.1. The molecule has 1 aromatic rings. The SMILES string of the molecule is C=CCN1C(=O)SC(=Cc2cc(C)c(O)c(C)c2)C1=O. The van der Waals surface area contributed by atoms with Crippen molar-refractivity contribution < 1.29 is 14.7 Å². The Kier molecular flexibility index (Phi) is 3.99. The molecule has 0 saturated carbocycles. The molecule has 1 N–H and O–H groups in total. The number of aryl methyl sites for hydroxylation is 2. The summed E-state index contributed by atoms with van der Waals surface area (Å²) in [6, 6.07) is 3.56. The second kappa shape index (κ2) is 5.54. The molecule has 2 rings (SSSR count). The Morgan fingerprint density at radius 1 is 1.30 bits per heavy atom. The summed E-state index contributed by atoms with van der Waals surface area (Å²) in [5, 5.41) is 9.45. The number of nitrogens with zero attached hydrogens (tertiary/aromatic N) is 1. The van der Waals surface area contributed by atoms with Crippen molar-refractivity contribution >= 4 is 29.0 Å². The van der Waals surface area contributed by atoms with Crippen LogP contribution < -0.4 is 0 Å². The number of hydrogen-bond donors (Lipinski definition) is 1. The van der Waals surface area contributed by atoms with E-state index < -0.39 is 0 Å². The van der Waals surface area contributed by atoms with Crippen molar-refractivity contribution in [3.63, 3.8) is 0 Å². The number of rotatable bonds is 3. The Hall–Kier alpha value is -2.01. The summed E-state index contributed by atoms with van der Waals surface area (Å²) in [7, 11) is 0. The molecule has 1 aromatic carbocycles. The molecule has 2 amide bonds. The van der Waals surface area contributed by atoms with E-state index in [2.05, 4.69) is 6.58 Å². The minimum absolute atomic E-state index is 0.218. The van der Waals surface area contributed by atoms with Crippen LogP contribution in [0.1, 0.15) is 16.7 Å². The molecule has 1 aliphatic rings. The third-order valence-corrected chi connectivity index (χ3v) is 3.90. The Bertz CT molecular complexity index is 611. The highest BCUT2D eigenvalue weighted by atomic mass is 32.2. The van der Waals surface area contributed by atoms with Crippen LogP contribution in [0.3, 0.4) is 0 Å². The number of phenolic OH excluding ortho intramolecular Hbond substituents is 1. The fourth-order valence-corrected chi connectivity index (χ4v) is 2.86. The van der Waals surface area contributed by atoms with Crippen LogP contribution in [-0.2, 0) is 4.79 Å². The van der Waals surface area contributed by atoms with Gasteiger partial charge in [0.05, 0.1) is 4.91 Å². The molecule has 20 heavy (non-hydrogen) atoms. The number of phenols is 1. The van der Waals surface area contributed by atoms with Crippen molar-refractivity contribution in [3.8, 4) is 5.75 Å². The molecule has 0 spiro atoms. The lowest BCUT2D eigenvalue weighted by Crippen LogP contribution is -2.27. The molecule has 1 heterocycles. The molecule has 0 unspecified atom stereocenters. The van der Waals surface area contributed by atoms with Gasteiger partial charge in [0.2, 0.25) is 0 Å². The average molecular weight is 289 g/mol. The van der Waals surface area contributed by atoms with Gasteiger partial charge in [0.15, 0.2) is 0 Å². The molecule has 5 heteroatoms. The predicted molar refractivity (Wildman–Crippen MR) is 80.5 cm³/mol. The number of carbonyl (C=O) groups excluding carboxylic acids is 2. The van der Waals surface area contributed by atoms with Crippen molar-refractivity contribution in [1.82, 2.24) is 4.90 Å². The Morgan fingerprint density at radius 2 is 1.90 bits per heavy atom. The lowest BCUT2D eigenvalue weighted by atomic mass is 10.1. The normalized spacial score (nSPS) is 17.1. The Balaban J connectivity index is 2.35. The zero-order chi connectivity index (χ0) is 14.9. The van der Waals surface area contributed by atoms with Gasteiger partial charge in [-0.15, -0.1) is 6.58 Å². The van der Waals surface area contributed by atoms with E-state index in [0.717, 1.165) is 33.4 Å². The van der Waals surface area contributed by atoms with Gasteiger partial charge in [0.25, 0.3) is 11.1 Å².